The van der Waals surface area contributed by atoms with E-state index in [9.17, 15) is 21.6 Å². The van der Waals surface area contributed by atoms with Crippen LogP contribution in [0.4, 0.5) is 0 Å². The van der Waals surface area contributed by atoms with Gasteiger partial charge in [-0.05, 0) is 12.1 Å². The van der Waals surface area contributed by atoms with E-state index in [-0.39, 0.29) is 0 Å². The van der Waals surface area contributed by atoms with Gasteiger partial charge in [-0.1, -0.05) is 16.5 Å². The fourth-order valence-corrected chi connectivity index (χ4v) is 2.40. The normalized spacial score (nSPS) is 11.9. The Labute approximate surface area is 110 Å². The van der Waals surface area contributed by atoms with Crippen molar-refractivity contribution in [3.8, 4) is 5.75 Å². The molecule has 0 atom stereocenters. The average molecular weight is 306 g/mol. The van der Waals surface area contributed by atoms with Gasteiger partial charge in [-0.25, -0.2) is 4.79 Å². The van der Waals surface area contributed by atoms with Gasteiger partial charge in [0.05, 0.1) is 0 Å². The maximum Gasteiger partial charge on any atom is 0.384 e. The van der Waals surface area contributed by atoms with E-state index in [1.807, 2.05) is 0 Å². The standard InChI is InChI=1S/C9H10N2O6S2/c1-11(2)19(15,16)17-8-5-3-4-6-9(8)18(13,14)10-7-12/h3-6H,1-2H3. The summed E-state index contributed by atoms with van der Waals surface area (Å²) < 4.78 is 54.3. The molecule has 0 N–H and O–H groups in total. The minimum Gasteiger partial charge on any atom is -0.369 e. The van der Waals surface area contributed by atoms with E-state index < -0.39 is 31.0 Å². The monoisotopic (exact) mass is 306 g/mol. The Morgan fingerprint density at radius 1 is 1.16 bits per heavy atom. The predicted octanol–water partition coefficient (Wildman–Crippen LogP) is -0.104. The van der Waals surface area contributed by atoms with Crippen molar-refractivity contribution in [3.05, 3.63) is 24.3 Å². The van der Waals surface area contributed by atoms with Crippen molar-refractivity contribution >= 4 is 26.4 Å². The Balaban J connectivity index is 3.37. The highest BCUT2D eigenvalue weighted by Crippen LogP contribution is 2.26. The first-order chi connectivity index (χ1) is 8.70. The topological polar surface area (TPSA) is 110 Å². The van der Waals surface area contributed by atoms with Gasteiger partial charge in [0, 0.05) is 14.1 Å². The molecule has 0 heterocycles. The molecule has 10 heteroatoms. The maximum absolute atomic E-state index is 11.6. The Kier molecular flexibility index (Phi) is 4.43. The van der Waals surface area contributed by atoms with Crippen molar-refractivity contribution < 1.29 is 25.8 Å². The van der Waals surface area contributed by atoms with Crippen LogP contribution in [0, 0.1) is 0 Å². The summed E-state index contributed by atoms with van der Waals surface area (Å²) in [6.45, 7) is 0. The predicted molar refractivity (Wildman–Crippen MR) is 65.0 cm³/mol. The lowest BCUT2D eigenvalue weighted by Gasteiger charge is -2.13. The minimum absolute atomic E-state index is 0.449. The first kappa shape index (κ1) is 15.3. The summed E-state index contributed by atoms with van der Waals surface area (Å²) in [6.07, 6.45) is 0.891. The maximum atomic E-state index is 11.6. The van der Waals surface area contributed by atoms with Gasteiger partial charge in [0.1, 0.15) is 4.90 Å². The van der Waals surface area contributed by atoms with Crippen LogP contribution in [0.3, 0.4) is 0 Å². The van der Waals surface area contributed by atoms with Gasteiger partial charge in [0.2, 0.25) is 0 Å². The molecular weight excluding hydrogens is 296 g/mol. The van der Waals surface area contributed by atoms with Crippen molar-refractivity contribution in [2.75, 3.05) is 14.1 Å². The highest BCUT2D eigenvalue weighted by molar-refractivity contribution is 7.90. The van der Waals surface area contributed by atoms with Crippen molar-refractivity contribution in [2.24, 2.45) is 4.40 Å². The SMILES string of the molecule is CN(C)S(=O)(=O)Oc1ccccc1S(=O)(=O)N=C=O. The van der Waals surface area contributed by atoms with Crippen LogP contribution in [0.2, 0.25) is 0 Å². The van der Waals surface area contributed by atoms with Crippen molar-refractivity contribution in [3.63, 3.8) is 0 Å². The van der Waals surface area contributed by atoms with Crippen LogP contribution in [0.5, 0.6) is 5.75 Å². The van der Waals surface area contributed by atoms with E-state index in [0.717, 1.165) is 22.5 Å². The molecule has 0 aliphatic carbocycles. The fourth-order valence-electron chi connectivity index (χ4n) is 1.02. The molecule has 0 unspecified atom stereocenters. The number of para-hydroxylation sites is 1. The van der Waals surface area contributed by atoms with Crippen LogP contribution in [0.1, 0.15) is 0 Å². The van der Waals surface area contributed by atoms with E-state index in [1.165, 1.54) is 26.2 Å². The second kappa shape index (κ2) is 5.49. The molecule has 0 saturated carbocycles. The Morgan fingerprint density at radius 2 is 1.74 bits per heavy atom. The summed E-state index contributed by atoms with van der Waals surface area (Å²) in [5.41, 5.74) is 0. The Bertz CT molecular complexity index is 717. The quantitative estimate of drug-likeness (QED) is 0.554. The molecule has 0 radical (unpaired) electrons. The first-order valence-electron chi connectivity index (χ1n) is 4.76. The lowest BCUT2D eigenvalue weighted by atomic mass is 10.3. The minimum atomic E-state index is -4.35. The van der Waals surface area contributed by atoms with Crippen molar-refractivity contribution in [1.82, 2.24) is 4.31 Å². The third-order valence-electron chi connectivity index (χ3n) is 1.93. The number of nitrogens with zero attached hydrogens (tertiary/aromatic N) is 2. The molecule has 0 aliphatic rings. The lowest BCUT2D eigenvalue weighted by molar-refractivity contribution is 0.417. The Morgan fingerprint density at radius 3 is 2.26 bits per heavy atom. The summed E-state index contributed by atoms with van der Waals surface area (Å²) in [6, 6.07) is 4.91. The number of sulfonamides is 1. The molecule has 19 heavy (non-hydrogen) atoms. The van der Waals surface area contributed by atoms with Gasteiger partial charge < -0.3 is 4.18 Å². The lowest BCUT2D eigenvalue weighted by Crippen LogP contribution is -2.27. The van der Waals surface area contributed by atoms with E-state index in [1.54, 1.807) is 0 Å². The van der Waals surface area contributed by atoms with Gasteiger partial charge in [0.15, 0.2) is 5.75 Å². The highest BCUT2D eigenvalue weighted by Gasteiger charge is 2.23. The average Bonchev–Trinajstić information content (AvgIpc) is 2.28. The van der Waals surface area contributed by atoms with Crippen molar-refractivity contribution in [1.29, 1.82) is 0 Å². The van der Waals surface area contributed by atoms with E-state index in [0.29, 0.717) is 0 Å². The molecule has 8 nitrogen and oxygen atoms in total. The van der Waals surface area contributed by atoms with Gasteiger partial charge in [0.25, 0.3) is 16.1 Å². The molecule has 1 aromatic carbocycles. The summed E-state index contributed by atoms with van der Waals surface area (Å²) >= 11 is 0. The fraction of sp³-hybridized carbons (Fsp3) is 0.222. The third-order valence-corrected chi connectivity index (χ3v) is 4.42. The summed E-state index contributed by atoms with van der Waals surface area (Å²) in [5, 5.41) is 0. The molecule has 104 valence electrons. The van der Waals surface area contributed by atoms with Crippen molar-refractivity contribution in [2.45, 2.75) is 4.90 Å². The zero-order valence-corrected chi connectivity index (χ0v) is 11.6. The number of carbonyl (C=O) groups excluding carboxylic acids is 1. The number of hydrogen-bond donors (Lipinski definition) is 0. The highest BCUT2D eigenvalue weighted by atomic mass is 32.2. The summed E-state index contributed by atoms with van der Waals surface area (Å²) in [5.74, 6) is -0.449. The van der Waals surface area contributed by atoms with Crippen LogP contribution in [-0.2, 0) is 25.1 Å². The van der Waals surface area contributed by atoms with Crippen LogP contribution < -0.4 is 4.18 Å². The third kappa shape index (κ3) is 3.61. The van der Waals surface area contributed by atoms with E-state index in [2.05, 4.69) is 8.58 Å². The number of isocyanates is 1. The molecule has 0 amide bonds. The molecule has 0 spiro atoms. The molecule has 0 aliphatic heterocycles. The zero-order valence-electron chi connectivity index (χ0n) is 9.97. The van der Waals surface area contributed by atoms with Gasteiger partial charge in [-0.2, -0.15) is 21.1 Å². The van der Waals surface area contributed by atoms with Crippen LogP contribution >= 0.6 is 0 Å². The molecule has 0 saturated heterocycles. The van der Waals surface area contributed by atoms with Gasteiger partial charge >= 0.3 is 10.3 Å². The number of rotatable bonds is 5. The molecule has 0 bridgehead atoms. The van der Waals surface area contributed by atoms with E-state index in [4.69, 9.17) is 0 Å². The van der Waals surface area contributed by atoms with Gasteiger partial charge in [-0.3, -0.25) is 0 Å². The Hall–Kier alpha value is -1.74. The molecule has 1 rings (SSSR count). The van der Waals surface area contributed by atoms with E-state index >= 15 is 0 Å². The zero-order chi connectivity index (χ0) is 14.7. The number of benzene rings is 1. The van der Waals surface area contributed by atoms with Gasteiger partial charge in [-0.15, -0.1) is 0 Å². The van der Waals surface area contributed by atoms with Crippen LogP contribution in [0.15, 0.2) is 33.6 Å². The number of hydrogen-bond acceptors (Lipinski definition) is 6. The smallest absolute Gasteiger partial charge is 0.369 e. The first-order valence-corrected chi connectivity index (χ1v) is 7.56. The molecule has 0 fully saturated rings. The van der Waals surface area contributed by atoms with Crippen LogP contribution in [-0.4, -0.2) is 41.3 Å². The summed E-state index contributed by atoms with van der Waals surface area (Å²) in [7, 11) is -6.03. The molecule has 1 aromatic rings. The largest absolute Gasteiger partial charge is 0.384 e. The molecule has 0 aromatic heterocycles. The second-order valence-corrected chi connectivity index (χ2v) is 6.75. The molecular formula is C9H10N2O6S2. The second-order valence-electron chi connectivity index (χ2n) is 3.43. The summed E-state index contributed by atoms with van der Waals surface area (Å²) in [4.78, 5) is 9.52. The van der Waals surface area contributed by atoms with Crippen LogP contribution in [0.25, 0.3) is 0 Å².